The van der Waals surface area contributed by atoms with Crippen molar-refractivity contribution in [2.45, 2.75) is 26.4 Å². The molecule has 0 radical (unpaired) electrons. The van der Waals surface area contributed by atoms with Crippen molar-refractivity contribution in [1.29, 1.82) is 0 Å². The molecule has 0 spiro atoms. The summed E-state index contributed by atoms with van der Waals surface area (Å²) in [5.74, 6) is -1.32. The molecule has 1 amide bonds. The van der Waals surface area contributed by atoms with E-state index < -0.39 is 22.6 Å². The monoisotopic (exact) mass is 310 g/mol. The summed E-state index contributed by atoms with van der Waals surface area (Å²) < 4.78 is 5.04. The number of rotatable bonds is 3. The number of carbonyl (C=O) groups excluding carboxylic acids is 3. The predicted molar refractivity (Wildman–Crippen MR) is 74.0 cm³/mol. The largest absolute Gasteiger partial charge is 0.448 e. The van der Waals surface area contributed by atoms with Gasteiger partial charge in [-0.25, -0.2) is 9.59 Å². The van der Waals surface area contributed by atoms with Crippen LogP contribution in [-0.2, 0) is 19.2 Å². The third-order valence-corrected chi connectivity index (χ3v) is 2.13. The molecule has 0 aliphatic carbocycles. The number of benzene rings is 1. The van der Waals surface area contributed by atoms with E-state index >= 15 is 0 Å². The minimum absolute atomic E-state index is 0.00458. The molecule has 0 fully saturated rings. The van der Waals surface area contributed by atoms with E-state index in [0.29, 0.717) is 5.06 Å². The SMILES string of the molecule is CC(C)(C)OC(=O)N(OC(=O)C=O)c1ccc([N+](=O)[O-])cc1. The van der Waals surface area contributed by atoms with E-state index in [1.165, 1.54) is 12.1 Å². The lowest BCUT2D eigenvalue weighted by atomic mass is 10.2. The number of anilines is 1. The summed E-state index contributed by atoms with van der Waals surface area (Å²) >= 11 is 0. The quantitative estimate of drug-likeness (QED) is 0.362. The van der Waals surface area contributed by atoms with E-state index in [2.05, 4.69) is 4.84 Å². The molecule has 9 heteroatoms. The van der Waals surface area contributed by atoms with Gasteiger partial charge in [-0.05, 0) is 32.9 Å². The fourth-order valence-corrected chi connectivity index (χ4v) is 1.32. The number of nitrogens with zero attached hydrogens (tertiary/aromatic N) is 2. The van der Waals surface area contributed by atoms with E-state index in [0.717, 1.165) is 12.1 Å². The summed E-state index contributed by atoms with van der Waals surface area (Å²) in [4.78, 5) is 48.0. The number of hydroxylamine groups is 1. The van der Waals surface area contributed by atoms with Gasteiger partial charge in [0.15, 0.2) is 0 Å². The molecule has 1 rings (SSSR count). The molecule has 0 saturated carbocycles. The van der Waals surface area contributed by atoms with E-state index in [4.69, 9.17) is 4.74 Å². The Hall–Kier alpha value is -2.97. The molecule has 0 aliphatic rings. The predicted octanol–water partition coefficient (Wildman–Crippen LogP) is 1.99. The molecule has 1 aromatic rings. The van der Waals surface area contributed by atoms with Crippen molar-refractivity contribution in [2.75, 3.05) is 5.06 Å². The standard InChI is InChI=1S/C13H14N2O7/c1-13(2,3)21-12(18)14(22-11(17)8-16)9-4-6-10(7-5-9)15(19)20/h4-8H,1-3H3. The Morgan fingerprint density at radius 1 is 1.23 bits per heavy atom. The number of aldehydes is 1. The van der Waals surface area contributed by atoms with Crippen LogP contribution < -0.4 is 5.06 Å². The highest BCUT2D eigenvalue weighted by Crippen LogP contribution is 2.22. The van der Waals surface area contributed by atoms with Crippen molar-refractivity contribution in [1.82, 2.24) is 0 Å². The molecular weight excluding hydrogens is 296 g/mol. The van der Waals surface area contributed by atoms with Crippen molar-refractivity contribution in [3.05, 3.63) is 34.4 Å². The average Bonchev–Trinajstić information content (AvgIpc) is 2.42. The number of nitro groups is 1. The molecular formula is C13H14N2O7. The van der Waals surface area contributed by atoms with Crippen molar-refractivity contribution in [2.24, 2.45) is 0 Å². The van der Waals surface area contributed by atoms with Crippen LogP contribution >= 0.6 is 0 Å². The van der Waals surface area contributed by atoms with Crippen LogP contribution in [0.5, 0.6) is 0 Å². The van der Waals surface area contributed by atoms with Gasteiger partial charge in [0.1, 0.15) is 5.60 Å². The Labute approximate surface area is 125 Å². The Kier molecular flexibility index (Phi) is 5.17. The average molecular weight is 310 g/mol. The van der Waals surface area contributed by atoms with Gasteiger partial charge in [-0.1, -0.05) is 0 Å². The first-order valence-electron chi connectivity index (χ1n) is 6.08. The highest BCUT2D eigenvalue weighted by Gasteiger charge is 2.27. The fourth-order valence-electron chi connectivity index (χ4n) is 1.32. The van der Waals surface area contributed by atoms with Crippen LogP contribution in [0, 0.1) is 10.1 Å². The molecule has 1 aromatic carbocycles. The second-order valence-electron chi connectivity index (χ2n) is 5.08. The van der Waals surface area contributed by atoms with Crippen LogP contribution in [0.15, 0.2) is 24.3 Å². The van der Waals surface area contributed by atoms with Crippen LogP contribution in [0.4, 0.5) is 16.2 Å². The lowest BCUT2D eigenvalue weighted by Crippen LogP contribution is -2.38. The Morgan fingerprint density at radius 3 is 2.18 bits per heavy atom. The van der Waals surface area contributed by atoms with Gasteiger partial charge in [0, 0.05) is 12.1 Å². The molecule has 9 nitrogen and oxygen atoms in total. The third kappa shape index (κ3) is 4.85. The summed E-state index contributed by atoms with van der Waals surface area (Å²) in [6, 6.07) is 4.59. The molecule has 0 atom stereocenters. The fraction of sp³-hybridized carbons (Fsp3) is 0.308. The number of non-ortho nitro benzene ring substituents is 1. The second kappa shape index (κ2) is 6.66. The summed E-state index contributed by atoms with van der Waals surface area (Å²) in [6.45, 7) is 4.79. The van der Waals surface area contributed by atoms with Crippen LogP contribution in [0.3, 0.4) is 0 Å². The van der Waals surface area contributed by atoms with Crippen LogP contribution in [0.2, 0.25) is 0 Å². The summed E-state index contributed by atoms with van der Waals surface area (Å²) in [6.07, 6.45) is -1.17. The van der Waals surface area contributed by atoms with Crippen LogP contribution in [0.1, 0.15) is 20.8 Å². The summed E-state index contributed by atoms with van der Waals surface area (Å²) in [7, 11) is 0. The zero-order valence-corrected chi connectivity index (χ0v) is 12.1. The zero-order chi connectivity index (χ0) is 16.9. The van der Waals surface area contributed by atoms with Crippen molar-refractivity contribution in [3.63, 3.8) is 0 Å². The zero-order valence-electron chi connectivity index (χ0n) is 12.1. The van der Waals surface area contributed by atoms with Gasteiger partial charge in [-0.2, -0.15) is 0 Å². The van der Waals surface area contributed by atoms with Crippen molar-refractivity contribution < 1.29 is 28.9 Å². The first-order chi connectivity index (χ1) is 10.1. The Morgan fingerprint density at radius 2 is 1.77 bits per heavy atom. The number of hydrogen-bond donors (Lipinski definition) is 0. The van der Waals surface area contributed by atoms with Crippen molar-refractivity contribution in [3.8, 4) is 0 Å². The summed E-state index contributed by atoms with van der Waals surface area (Å²) in [5, 5.41) is 11.0. The molecule has 0 aromatic heterocycles. The van der Waals surface area contributed by atoms with Crippen molar-refractivity contribution >= 4 is 29.7 Å². The van der Waals surface area contributed by atoms with Crippen LogP contribution in [0.25, 0.3) is 0 Å². The first-order valence-corrected chi connectivity index (χ1v) is 6.08. The molecule has 118 valence electrons. The number of amides is 1. The molecule has 0 aliphatic heterocycles. The normalized spacial score (nSPS) is 10.5. The first kappa shape index (κ1) is 17.1. The molecule has 22 heavy (non-hydrogen) atoms. The van der Waals surface area contributed by atoms with E-state index in [9.17, 15) is 24.5 Å². The van der Waals surface area contributed by atoms with Crippen LogP contribution in [-0.4, -0.2) is 28.9 Å². The molecule has 0 heterocycles. The van der Waals surface area contributed by atoms with Gasteiger partial charge >= 0.3 is 12.1 Å². The maximum atomic E-state index is 12.0. The van der Waals surface area contributed by atoms with Gasteiger partial charge in [0.25, 0.3) is 5.69 Å². The smallest absolute Gasteiger partial charge is 0.441 e. The molecule has 0 saturated heterocycles. The lowest BCUT2D eigenvalue weighted by molar-refractivity contribution is -0.384. The van der Waals surface area contributed by atoms with Gasteiger partial charge in [-0.15, -0.1) is 5.06 Å². The minimum Gasteiger partial charge on any atom is -0.441 e. The van der Waals surface area contributed by atoms with Gasteiger partial charge < -0.3 is 9.57 Å². The van der Waals surface area contributed by atoms with E-state index in [-0.39, 0.29) is 17.7 Å². The topological polar surface area (TPSA) is 116 Å². The van der Waals surface area contributed by atoms with Gasteiger partial charge in [-0.3, -0.25) is 14.9 Å². The third-order valence-electron chi connectivity index (χ3n) is 2.13. The van der Waals surface area contributed by atoms with Gasteiger partial charge in [0.2, 0.25) is 6.29 Å². The number of hydrogen-bond acceptors (Lipinski definition) is 7. The van der Waals surface area contributed by atoms with E-state index in [1.54, 1.807) is 20.8 Å². The molecule has 0 unspecified atom stereocenters. The highest BCUT2D eigenvalue weighted by atomic mass is 16.8. The molecule has 0 N–H and O–H groups in total. The number of nitro benzene ring substituents is 1. The van der Waals surface area contributed by atoms with Gasteiger partial charge in [0.05, 0.1) is 10.6 Å². The van der Waals surface area contributed by atoms with E-state index in [1.807, 2.05) is 0 Å². The Balaban J connectivity index is 3.08. The highest BCUT2D eigenvalue weighted by molar-refractivity contribution is 6.21. The number of ether oxygens (including phenoxy) is 1. The second-order valence-corrected chi connectivity index (χ2v) is 5.08. The number of carbonyl (C=O) groups is 3. The lowest BCUT2D eigenvalue weighted by Gasteiger charge is -2.25. The minimum atomic E-state index is -1.32. The Bertz CT molecular complexity index is 589. The maximum absolute atomic E-state index is 12.0. The maximum Gasteiger partial charge on any atom is 0.448 e. The molecule has 0 bridgehead atoms. The summed E-state index contributed by atoms with van der Waals surface area (Å²) in [5.41, 5.74) is -1.09.